The van der Waals surface area contributed by atoms with Crippen LogP contribution in [0.1, 0.15) is 45.0 Å². The molecule has 0 saturated heterocycles. The van der Waals surface area contributed by atoms with Crippen LogP contribution in [0.5, 0.6) is 5.75 Å². The number of rotatable bonds is 7. The van der Waals surface area contributed by atoms with Crippen LogP contribution in [-0.4, -0.2) is 27.2 Å². The standard InChI is InChI=1S/C16H22N4OS/c1-4-5-10-15-18-19-16(22)20(15)17-11-13-8-6-7-9-14(13)21-12(2)3/h6-9,11-12H,4-5,10H2,1-3H3,(H,19,22)/b17-11+. The van der Waals surface area contributed by atoms with Crippen LogP contribution < -0.4 is 4.74 Å². The lowest BCUT2D eigenvalue weighted by Crippen LogP contribution is -2.07. The van der Waals surface area contributed by atoms with Gasteiger partial charge in [0.15, 0.2) is 5.82 Å². The van der Waals surface area contributed by atoms with Gasteiger partial charge in [0, 0.05) is 12.0 Å². The Bertz CT molecular complexity index is 687. The SMILES string of the molecule is CCCCc1n[nH]c(=S)n1/N=C/c1ccccc1OC(C)C. The second-order valence-electron chi connectivity index (χ2n) is 5.31. The molecule has 0 unspecified atom stereocenters. The zero-order chi connectivity index (χ0) is 15.9. The number of hydrogen-bond donors (Lipinski definition) is 1. The molecule has 0 aliphatic rings. The molecular weight excluding hydrogens is 296 g/mol. The number of aromatic nitrogens is 3. The Balaban J connectivity index is 2.26. The van der Waals surface area contributed by atoms with Gasteiger partial charge < -0.3 is 4.74 Å². The van der Waals surface area contributed by atoms with E-state index in [2.05, 4.69) is 22.2 Å². The molecule has 22 heavy (non-hydrogen) atoms. The summed E-state index contributed by atoms with van der Waals surface area (Å²) in [5, 5.41) is 11.5. The lowest BCUT2D eigenvalue weighted by Gasteiger charge is -2.11. The lowest BCUT2D eigenvalue weighted by molar-refractivity contribution is 0.242. The number of ether oxygens (including phenoxy) is 1. The summed E-state index contributed by atoms with van der Waals surface area (Å²) in [6.45, 7) is 6.15. The summed E-state index contributed by atoms with van der Waals surface area (Å²) in [6, 6.07) is 7.82. The van der Waals surface area contributed by atoms with Crippen molar-refractivity contribution in [2.75, 3.05) is 0 Å². The van der Waals surface area contributed by atoms with Crippen LogP contribution in [-0.2, 0) is 6.42 Å². The van der Waals surface area contributed by atoms with E-state index in [0.29, 0.717) is 4.77 Å². The first-order chi connectivity index (χ1) is 10.6. The van der Waals surface area contributed by atoms with Gasteiger partial charge >= 0.3 is 0 Å². The topological polar surface area (TPSA) is 55.2 Å². The van der Waals surface area contributed by atoms with Crippen molar-refractivity contribution in [3.63, 3.8) is 0 Å². The molecule has 6 heteroatoms. The Hall–Kier alpha value is -1.95. The minimum Gasteiger partial charge on any atom is -0.490 e. The Kier molecular flexibility index (Phi) is 5.89. The molecule has 0 fully saturated rings. The molecular formula is C16H22N4OS. The van der Waals surface area contributed by atoms with Crippen LogP contribution in [0.4, 0.5) is 0 Å². The molecule has 2 rings (SSSR count). The van der Waals surface area contributed by atoms with Crippen molar-refractivity contribution in [3.8, 4) is 5.75 Å². The molecule has 1 aromatic carbocycles. The number of aryl methyl sites for hydroxylation is 1. The van der Waals surface area contributed by atoms with Crippen LogP contribution in [0.25, 0.3) is 0 Å². The smallest absolute Gasteiger partial charge is 0.216 e. The molecule has 0 atom stereocenters. The molecule has 1 aromatic heterocycles. The maximum absolute atomic E-state index is 5.79. The van der Waals surface area contributed by atoms with Crippen molar-refractivity contribution in [2.24, 2.45) is 5.10 Å². The van der Waals surface area contributed by atoms with E-state index in [-0.39, 0.29) is 6.10 Å². The predicted octanol–water partition coefficient (Wildman–Crippen LogP) is 3.95. The van der Waals surface area contributed by atoms with Gasteiger partial charge in [0.05, 0.1) is 12.3 Å². The van der Waals surface area contributed by atoms with E-state index in [1.54, 1.807) is 10.9 Å². The van der Waals surface area contributed by atoms with Crippen LogP contribution in [0.3, 0.4) is 0 Å². The molecule has 0 aliphatic heterocycles. The number of nitrogens with zero attached hydrogens (tertiary/aromatic N) is 3. The molecule has 0 saturated carbocycles. The van der Waals surface area contributed by atoms with Gasteiger partial charge in [0.1, 0.15) is 5.75 Å². The third-order valence-electron chi connectivity index (χ3n) is 3.07. The number of unbranched alkanes of at least 4 members (excludes halogenated alkanes) is 1. The largest absolute Gasteiger partial charge is 0.490 e. The number of nitrogens with one attached hydrogen (secondary N) is 1. The second-order valence-corrected chi connectivity index (χ2v) is 5.70. The van der Waals surface area contributed by atoms with Gasteiger partial charge in [0.2, 0.25) is 4.77 Å². The maximum atomic E-state index is 5.79. The van der Waals surface area contributed by atoms with E-state index in [4.69, 9.17) is 17.0 Å². The lowest BCUT2D eigenvalue weighted by atomic mass is 10.2. The van der Waals surface area contributed by atoms with Crippen molar-refractivity contribution in [1.29, 1.82) is 0 Å². The summed E-state index contributed by atoms with van der Waals surface area (Å²) >= 11 is 5.24. The van der Waals surface area contributed by atoms with E-state index in [1.807, 2.05) is 38.1 Å². The highest BCUT2D eigenvalue weighted by Gasteiger charge is 2.06. The second kappa shape index (κ2) is 7.89. The third kappa shape index (κ3) is 4.27. The number of hydrogen-bond acceptors (Lipinski definition) is 4. The molecule has 0 bridgehead atoms. The van der Waals surface area contributed by atoms with Crippen molar-refractivity contribution in [2.45, 2.75) is 46.1 Å². The molecule has 1 N–H and O–H groups in total. The van der Waals surface area contributed by atoms with Crippen molar-refractivity contribution < 1.29 is 4.74 Å². The zero-order valence-electron chi connectivity index (χ0n) is 13.2. The van der Waals surface area contributed by atoms with E-state index >= 15 is 0 Å². The summed E-state index contributed by atoms with van der Waals surface area (Å²) in [7, 11) is 0. The predicted molar refractivity (Wildman–Crippen MR) is 91.2 cm³/mol. The van der Waals surface area contributed by atoms with Gasteiger partial charge in [-0.25, -0.2) is 0 Å². The van der Waals surface area contributed by atoms with Gasteiger partial charge in [0.25, 0.3) is 0 Å². The molecule has 2 aromatic rings. The first-order valence-electron chi connectivity index (χ1n) is 7.58. The fourth-order valence-corrected chi connectivity index (χ4v) is 2.21. The summed E-state index contributed by atoms with van der Waals surface area (Å²) in [5.41, 5.74) is 0.917. The van der Waals surface area contributed by atoms with Crippen molar-refractivity contribution >= 4 is 18.4 Å². The summed E-state index contributed by atoms with van der Waals surface area (Å²) in [6.07, 6.45) is 4.89. The fourth-order valence-electron chi connectivity index (χ4n) is 2.01. The number of para-hydroxylation sites is 1. The van der Waals surface area contributed by atoms with E-state index in [1.165, 1.54) is 0 Å². The molecule has 5 nitrogen and oxygen atoms in total. The average molecular weight is 318 g/mol. The third-order valence-corrected chi connectivity index (χ3v) is 3.33. The van der Waals surface area contributed by atoms with E-state index in [0.717, 1.165) is 36.4 Å². The first-order valence-corrected chi connectivity index (χ1v) is 7.99. The zero-order valence-corrected chi connectivity index (χ0v) is 14.1. The minimum atomic E-state index is 0.116. The number of H-pyrrole nitrogens is 1. The van der Waals surface area contributed by atoms with Gasteiger partial charge in [-0.15, -0.1) is 0 Å². The quantitative estimate of drug-likeness (QED) is 0.621. The van der Waals surface area contributed by atoms with E-state index in [9.17, 15) is 0 Å². The van der Waals surface area contributed by atoms with Crippen molar-refractivity contribution in [1.82, 2.24) is 14.9 Å². The minimum absolute atomic E-state index is 0.116. The highest BCUT2D eigenvalue weighted by Crippen LogP contribution is 2.17. The first kappa shape index (κ1) is 16.4. The number of aromatic amines is 1. The van der Waals surface area contributed by atoms with Crippen LogP contribution in [0.2, 0.25) is 0 Å². The number of benzene rings is 1. The Morgan fingerprint density at radius 3 is 2.91 bits per heavy atom. The van der Waals surface area contributed by atoms with Crippen molar-refractivity contribution in [3.05, 3.63) is 40.4 Å². The van der Waals surface area contributed by atoms with Gasteiger partial charge in [-0.05, 0) is 44.6 Å². The Morgan fingerprint density at radius 2 is 2.18 bits per heavy atom. The molecule has 0 aliphatic carbocycles. The summed E-state index contributed by atoms with van der Waals surface area (Å²) in [5.74, 6) is 1.66. The molecule has 118 valence electrons. The summed E-state index contributed by atoms with van der Waals surface area (Å²) in [4.78, 5) is 0. The molecule has 0 amide bonds. The molecule has 1 heterocycles. The van der Waals surface area contributed by atoms with Gasteiger partial charge in [-0.1, -0.05) is 25.5 Å². The Labute approximate surface area is 136 Å². The van der Waals surface area contributed by atoms with Crippen LogP contribution in [0, 0.1) is 4.77 Å². The monoisotopic (exact) mass is 318 g/mol. The van der Waals surface area contributed by atoms with Crippen LogP contribution in [0.15, 0.2) is 29.4 Å². The normalized spacial score (nSPS) is 11.5. The molecule has 0 spiro atoms. The Morgan fingerprint density at radius 1 is 1.41 bits per heavy atom. The highest BCUT2D eigenvalue weighted by atomic mass is 32.1. The highest BCUT2D eigenvalue weighted by molar-refractivity contribution is 7.71. The van der Waals surface area contributed by atoms with Gasteiger partial charge in [-0.2, -0.15) is 14.9 Å². The fraction of sp³-hybridized carbons (Fsp3) is 0.438. The maximum Gasteiger partial charge on any atom is 0.216 e. The van der Waals surface area contributed by atoms with Crippen LogP contribution >= 0.6 is 12.2 Å². The summed E-state index contributed by atoms with van der Waals surface area (Å²) < 4.78 is 7.97. The average Bonchev–Trinajstić information content (AvgIpc) is 2.84. The van der Waals surface area contributed by atoms with Gasteiger partial charge in [-0.3, -0.25) is 5.10 Å². The van der Waals surface area contributed by atoms with E-state index < -0.39 is 0 Å². The molecule has 0 radical (unpaired) electrons.